The minimum Gasteiger partial charge on any atom is -0.334 e. The maximum atomic E-state index is 12.9. The average Bonchev–Trinajstić information content (AvgIpc) is 3.37. The number of nitrogens with one attached hydrogen (secondary N) is 4. The smallest absolute Gasteiger partial charge is 0.315 e. The van der Waals surface area contributed by atoms with Crippen LogP contribution >= 0.6 is 0 Å². The summed E-state index contributed by atoms with van der Waals surface area (Å²) >= 11 is 0. The summed E-state index contributed by atoms with van der Waals surface area (Å²) in [6, 6.07) is 10.4. The van der Waals surface area contributed by atoms with Crippen LogP contribution in [0.5, 0.6) is 0 Å². The predicted molar refractivity (Wildman–Crippen MR) is 117 cm³/mol. The second kappa shape index (κ2) is 10.9. The predicted octanol–water partition coefficient (Wildman–Crippen LogP) is 0.871. The number of rotatable bonds is 7. The molecule has 4 N–H and O–H groups in total. The Morgan fingerprint density at radius 1 is 0.879 bits per heavy atom. The topological polar surface area (TPSA) is 137 Å². The molecule has 0 aliphatic carbocycles. The van der Waals surface area contributed by atoms with Crippen molar-refractivity contribution in [3.63, 3.8) is 0 Å². The van der Waals surface area contributed by atoms with Crippen molar-refractivity contribution in [3.8, 4) is 0 Å². The molecular weight excluding hydrogens is 453 g/mol. The summed E-state index contributed by atoms with van der Waals surface area (Å²) in [4.78, 5) is 35.8. The SMILES string of the molecule is O=C(CNC(=O)NCc1ccc(F)cc1)NNC(=O)c1ccc(S(=O)(=O)N2CCCC2)cc1. The zero-order valence-electron chi connectivity index (χ0n) is 17.6. The van der Waals surface area contributed by atoms with Gasteiger partial charge < -0.3 is 10.6 Å². The van der Waals surface area contributed by atoms with Crippen molar-refractivity contribution in [2.45, 2.75) is 24.3 Å². The van der Waals surface area contributed by atoms with E-state index in [1.54, 1.807) is 0 Å². The fourth-order valence-electron chi connectivity index (χ4n) is 3.11. The van der Waals surface area contributed by atoms with Gasteiger partial charge in [0, 0.05) is 25.2 Å². The third-order valence-corrected chi connectivity index (χ3v) is 6.82. The van der Waals surface area contributed by atoms with E-state index in [0.717, 1.165) is 12.8 Å². The number of hydrogen-bond acceptors (Lipinski definition) is 5. The number of nitrogens with zero attached hydrogens (tertiary/aromatic N) is 1. The molecule has 3 rings (SSSR count). The maximum absolute atomic E-state index is 12.9. The van der Waals surface area contributed by atoms with Gasteiger partial charge in [-0.15, -0.1) is 0 Å². The molecule has 12 heteroatoms. The summed E-state index contributed by atoms with van der Waals surface area (Å²) in [5.41, 5.74) is 5.19. The summed E-state index contributed by atoms with van der Waals surface area (Å²) in [5, 5.41) is 4.83. The van der Waals surface area contributed by atoms with Crippen LogP contribution in [0.4, 0.5) is 9.18 Å². The van der Waals surface area contributed by atoms with Gasteiger partial charge in [-0.2, -0.15) is 4.31 Å². The highest BCUT2D eigenvalue weighted by molar-refractivity contribution is 7.89. The van der Waals surface area contributed by atoms with Crippen molar-refractivity contribution >= 4 is 27.9 Å². The van der Waals surface area contributed by atoms with E-state index in [-0.39, 0.29) is 22.8 Å². The normalized spacial score (nSPS) is 13.8. The molecule has 4 amide bonds. The number of carbonyl (C=O) groups excluding carboxylic acids is 3. The third-order valence-electron chi connectivity index (χ3n) is 4.91. The molecule has 0 atom stereocenters. The largest absolute Gasteiger partial charge is 0.334 e. The summed E-state index contributed by atoms with van der Waals surface area (Å²) in [6.07, 6.45) is 1.65. The summed E-state index contributed by atoms with van der Waals surface area (Å²) in [7, 11) is -3.58. The number of amides is 4. The number of carbonyl (C=O) groups is 3. The van der Waals surface area contributed by atoms with Gasteiger partial charge in [-0.3, -0.25) is 20.4 Å². The Labute approximate surface area is 190 Å². The Morgan fingerprint density at radius 2 is 1.52 bits per heavy atom. The molecule has 0 unspecified atom stereocenters. The maximum Gasteiger partial charge on any atom is 0.315 e. The number of urea groups is 1. The van der Waals surface area contributed by atoms with Crippen LogP contribution in [0.1, 0.15) is 28.8 Å². The fraction of sp³-hybridized carbons (Fsp3) is 0.286. The van der Waals surface area contributed by atoms with Crippen molar-refractivity contribution < 1.29 is 27.2 Å². The van der Waals surface area contributed by atoms with Crippen LogP contribution in [0.25, 0.3) is 0 Å². The van der Waals surface area contributed by atoms with Gasteiger partial charge in [-0.25, -0.2) is 17.6 Å². The lowest BCUT2D eigenvalue weighted by Crippen LogP contribution is -2.47. The van der Waals surface area contributed by atoms with Crippen LogP contribution in [-0.4, -0.2) is 50.2 Å². The molecule has 1 aliphatic heterocycles. The van der Waals surface area contributed by atoms with Crippen LogP contribution in [0.3, 0.4) is 0 Å². The first-order chi connectivity index (χ1) is 15.8. The van der Waals surface area contributed by atoms with Gasteiger partial charge >= 0.3 is 6.03 Å². The van der Waals surface area contributed by atoms with Crippen LogP contribution in [0.2, 0.25) is 0 Å². The molecule has 0 bridgehead atoms. The molecule has 0 radical (unpaired) electrons. The number of benzene rings is 2. The molecule has 176 valence electrons. The van der Waals surface area contributed by atoms with Gasteiger partial charge in [0.1, 0.15) is 12.4 Å². The third kappa shape index (κ3) is 6.73. The van der Waals surface area contributed by atoms with Gasteiger partial charge in [0.15, 0.2) is 0 Å². The van der Waals surface area contributed by atoms with Crippen molar-refractivity contribution in [2.24, 2.45) is 0 Å². The highest BCUT2D eigenvalue weighted by atomic mass is 32.2. The zero-order valence-corrected chi connectivity index (χ0v) is 18.5. The molecule has 33 heavy (non-hydrogen) atoms. The van der Waals surface area contributed by atoms with Gasteiger partial charge in [-0.05, 0) is 54.8 Å². The van der Waals surface area contributed by atoms with Gasteiger partial charge in [0.25, 0.3) is 11.8 Å². The summed E-state index contributed by atoms with van der Waals surface area (Å²) in [6.45, 7) is 0.709. The first-order valence-corrected chi connectivity index (χ1v) is 11.7. The molecule has 0 spiro atoms. The number of hydrogen-bond donors (Lipinski definition) is 4. The van der Waals surface area contributed by atoms with E-state index in [2.05, 4.69) is 21.5 Å². The minimum atomic E-state index is -3.58. The second-order valence-electron chi connectivity index (χ2n) is 7.30. The molecule has 0 saturated carbocycles. The van der Waals surface area contributed by atoms with Crippen LogP contribution < -0.4 is 21.5 Å². The lowest BCUT2D eigenvalue weighted by molar-refractivity contribution is -0.120. The first kappa shape index (κ1) is 24.1. The Hall–Kier alpha value is -3.51. The van der Waals surface area contributed by atoms with E-state index < -0.39 is 34.4 Å². The quantitative estimate of drug-likeness (QED) is 0.439. The van der Waals surface area contributed by atoms with Gasteiger partial charge in [0.2, 0.25) is 10.0 Å². The highest BCUT2D eigenvalue weighted by Crippen LogP contribution is 2.21. The Bertz CT molecular complexity index is 1100. The summed E-state index contributed by atoms with van der Waals surface area (Å²) < 4.78 is 39.3. The fourth-order valence-corrected chi connectivity index (χ4v) is 4.62. The monoisotopic (exact) mass is 477 g/mol. The lowest BCUT2D eigenvalue weighted by atomic mass is 10.2. The molecule has 10 nitrogen and oxygen atoms in total. The average molecular weight is 478 g/mol. The number of hydrazine groups is 1. The van der Waals surface area contributed by atoms with E-state index in [0.29, 0.717) is 18.7 Å². The van der Waals surface area contributed by atoms with Gasteiger partial charge in [0.05, 0.1) is 4.90 Å². The van der Waals surface area contributed by atoms with Crippen LogP contribution in [0.15, 0.2) is 53.4 Å². The van der Waals surface area contributed by atoms with Gasteiger partial charge in [-0.1, -0.05) is 12.1 Å². The minimum absolute atomic E-state index is 0.0980. The summed E-state index contributed by atoms with van der Waals surface area (Å²) in [5.74, 6) is -1.70. The molecule has 1 saturated heterocycles. The van der Waals surface area contributed by atoms with E-state index in [4.69, 9.17) is 0 Å². The van der Waals surface area contributed by atoms with Crippen molar-refractivity contribution in [2.75, 3.05) is 19.6 Å². The Morgan fingerprint density at radius 3 is 2.15 bits per heavy atom. The molecule has 1 heterocycles. The molecule has 2 aromatic rings. The van der Waals surface area contributed by atoms with E-state index >= 15 is 0 Å². The van der Waals surface area contributed by atoms with E-state index in [9.17, 15) is 27.2 Å². The molecular formula is C21H24FN5O5S. The van der Waals surface area contributed by atoms with E-state index in [1.165, 1.54) is 52.8 Å². The number of halogens is 1. The Kier molecular flexibility index (Phi) is 7.96. The molecule has 2 aromatic carbocycles. The Balaban J connectivity index is 1.40. The highest BCUT2D eigenvalue weighted by Gasteiger charge is 2.27. The standard InChI is InChI=1S/C21H24FN5O5S/c22-17-7-3-15(4-8-17)13-23-21(30)24-14-19(28)25-26-20(29)16-5-9-18(10-6-16)33(31,32)27-11-1-2-12-27/h3-10H,1-2,11-14H2,(H,25,28)(H,26,29)(H2,23,24,30). The molecule has 1 aliphatic rings. The van der Waals surface area contributed by atoms with Crippen LogP contribution in [-0.2, 0) is 21.4 Å². The zero-order chi connectivity index (χ0) is 23.8. The van der Waals surface area contributed by atoms with Crippen molar-refractivity contribution in [1.82, 2.24) is 25.8 Å². The number of sulfonamides is 1. The first-order valence-electron chi connectivity index (χ1n) is 10.2. The molecule has 1 fully saturated rings. The second-order valence-corrected chi connectivity index (χ2v) is 9.24. The van der Waals surface area contributed by atoms with E-state index in [1.807, 2.05) is 0 Å². The lowest BCUT2D eigenvalue weighted by Gasteiger charge is -2.15. The van der Waals surface area contributed by atoms with Crippen molar-refractivity contribution in [1.29, 1.82) is 0 Å². The van der Waals surface area contributed by atoms with Crippen LogP contribution in [0, 0.1) is 5.82 Å². The van der Waals surface area contributed by atoms with Crippen molar-refractivity contribution in [3.05, 3.63) is 65.5 Å². The molecule has 0 aromatic heterocycles.